The van der Waals surface area contributed by atoms with E-state index in [0.29, 0.717) is 23.5 Å². The van der Waals surface area contributed by atoms with Crippen LogP contribution in [0.3, 0.4) is 0 Å². The van der Waals surface area contributed by atoms with Crippen LogP contribution < -0.4 is 16.0 Å². The van der Waals surface area contributed by atoms with E-state index in [1.165, 1.54) is 29.2 Å². The van der Waals surface area contributed by atoms with Gasteiger partial charge in [0.2, 0.25) is 5.91 Å². The summed E-state index contributed by atoms with van der Waals surface area (Å²) >= 11 is 0. The van der Waals surface area contributed by atoms with E-state index in [9.17, 15) is 18.8 Å². The molecule has 2 aromatic carbocycles. The summed E-state index contributed by atoms with van der Waals surface area (Å²) in [7, 11) is 0. The first-order chi connectivity index (χ1) is 14.5. The Morgan fingerprint density at radius 1 is 1.17 bits per heavy atom. The lowest BCUT2D eigenvalue weighted by molar-refractivity contribution is -0.137. The van der Waals surface area contributed by atoms with Gasteiger partial charge >= 0.3 is 5.76 Å². The van der Waals surface area contributed by atoms with E-state index in [1.54, 1.807) is 24.3 Å². The average Bonchev–Trinajstić information content (AvgIpc) is 3.17. The molecule has 0 spiro atoms. The van der Waals surface area contributed by atoms with Gasteiger partial charge in [-0.25, -0.2) is 9.18 Å². The molecule has 1 aromatic heterocycles. The van der Waals surface area contributed by atoms with Crippen molar-refractivity contribution in [1.82, 2.24) is 10.1 Å². The first kappa shape index (κ1) is 19.5. The first-order valence-corrected chi connectivity index (χ1v) is 9.14. The second kappa shape index (κ2) is 8.29. The topological polar surface area (TPSA) is 118 Å². The largest absolute Gasteiger partial charge is 0.439 e. The minimum Gasteiger partial charge on any atom is -0.366 e. The lowest BCUT2D eigenvalue weighted by Gasteiger charge is -2.32. The molecular formula is C20H17FN4O5. The highest BCUT2D eigenvalue weighted by molar-refractivity contribution is 6.01. The van der Waals surface area contributed by atoms with Crippen molar-refractivity contribution < 1.29 is 23.2 Å². The summed E-state index contributed by atoms with van der Waals surface area (Å²) in [5.41, 5.74) is 1.67. The molecule has 2 amide bonds. The van der Waals surface area contributed by atoms with Crippen molar-refractivity contribution in [2.75, 3.05) is 23.4 Å². The highest BCUT2D eigenvalue weighted by Gasteiger charge is 2.32. The van der Waals surface area contributed by atoms with Gasteiger partial charge in [0.05, 0.1) is 13.0 Å². The third-order valence-electron chi connectivity index (χ3n) is 4.57. The fourth-order valence-corrected chi connectivity index (χ4v) is 3.11. The van der Waals surface area contributed by atoms with Gasteiger partial charge in [0.25, 0.3) is 5.91 Å². The number of morpholine rings is 1. The molecule has 4 rings (SSSR count). The van der Waals surface area contributed by atoms with E-state index >= 15 is 0 Å². The van der Waals surface area contributed by atoms with E-state index in [1.807, 2.05) is 0 Å². The minimum absolute atomic E-state index is 0.158. The molecule has 0 saturated carbocycles. The maximum atomic E-state index is 13.1. The third kappa shape index (κ3) is 4.28. The van der Waals surface area contributed by atoms with Gasteiger partial charge in [0, 0.05) is 23.5 Å². The van der Waals surface area contributed by atoms with Crippen molar-refractivity contribution in [3.8, 4) is 11.4 Å². The molecule has 1 fully saturated rings. The number of ether oxygens (including phenoxy) is 1. The lowest BCUT2D eigenvalue weighted by Crippen LogP contribution is -2.49. The molecule has 30 heavy (non-hydrogen) atoms. The molecule has 0 aliphatic carbocycles. The molecule has 0 radical (unpaired) electrons. The SMILES string of the molecule is O=C(CC1OCCN(c2ccc(F)cc2)C1=O)Nc1ccc(-c2noc(=O)[nH]2)cc1. The van der Waals surface area contributed by atoms with Crippen molar-refractivity contribution in [2.45, 2.75) is 12.5 Å². The van der Waals surface area contributed by atoms with Gasteiger partial charge in [0.1, 0.15) is 11.9 Å². The fourth-order valence-electron chi connectivity index (χ4n) is 3.11. The Bertz CT molecular complexity index is 1110. The fraction of sp³-hybridized carbons (Fsp3) is 0.200. The van der Waals surface area contributed by atoms with Gasteiger partial charge in [-0.2, -0.15) is 0 Å². The Kier molecular flexibility index (Phi) is 5.40. The number of nitrogens with one attached hydrogen (secondary N) is 2. The summed E-state index contributed by atoms with van der Waals surface area (Å²) in [5.74, 6) is -1.52. The maximum absolute atomic E-state index is 13.1. The number of carbonyl (C=O) groups is 2. The maximum Gasteiger partial charge on any atom is 0.439 e. The molecule has 1 saturated heterocycles. The van der Waals surface area contributed by atoms with Crippen LogP contribution in [0.25, 0.3) is 11.4 Å². The van der Waals surface area contributed by atoms with Crippen LogP contribution in [-0.2, 0) is 14.3 Å². The molecule has 0 bridgehead atoms. The Morgan fingerprint density at radius 2 is 1.90 bits per heavy atom. The summed E-state index contributed by atoms with van der Waals surface area (Å²) in [4.78, 5) is 40.0. The molecule has 154 valence electrons. The summed E-state index contributed by atoms with van der Waals surface area (Å²) in [6, 6.07) is 12.2. The molecule has 1 aliphatic heterocycles. The normalized spacial score (nSPS) is 16.5. The number of hydrogen-bond acceptors (Lipinski definition) is 6. The monoisotopic (exact) mass is 412 g/mol. The number of aromatic amines is 1. The molecule has 10 heteroatoms. The molecule has 1 aliphatic rings. The van der Waals surface area contributed by atoms with Crippen LogP contribution in [0.1, 0.15) is 6.42 Å². The number of nitrogens with zero attached hydrogens (tertiary/aromatic N) is 2. The third-order valence-corrected chi connectivity index (χ3v) is 4.57. The van der Waals surface area contributed by atoms with Crippen LogP contribution in [0.5, 0.6) is 0 Å². The smallest absolute Gasteiger partial charge is 0.366 e. The Morgan fingerprint density at radius 3 is 2.57 bits per heavy atom. The van der Waals surface area contributed by atoms with E-state index in [2.05, 4.69) is 20.0 Å². The Labute approximate surface area is 169 Å². The molecule has 2 N–H and O–H groups in total. The minimum atomic E-state index is -0.928. The van der Waals surface area contributed by atoms with Crippen LogP contribution in [0.2, 0.25) is 0 Å². The van der Waals surface area contributed by atoms with Crippen molar-refractivity contribution in [3.63, 3.8) is 0 Å². The number of rotatable bonds is 5. The van der Waals surface area contributed by atoms with Gasteiger partial charge in [-0.1, -0.05) is 5.16 Å². The zero-order chi connectivity index (χ0) is 21.1. The van der Waals surface area contributed by atoms with Crippen LogP contribution >= 0.6 is 0 Å². The van der Waals surface area contributed by atoms with E-state index in [-0.39, 0.29) is 24.8 Å². The van der Waals surface area contributed by atoms with Gasteiger partial charge in [-0.3, -0.25) is 19.1 Å². The van der Waals surface area contributed by atoms with E-state index < -0.39 is 23.6 Å². The summed E-state index contributed by atoms with van der Waals surface area (Å²) in [6.45, 7) is 0.597. The Hall–Kier alpha value is -3.79. The zero-order valence-corrected chi connectivity index (χ0v) is 15.6. The molecule has 1 unspecified atom stereocenters. The summed E-state index contributed by atoms with van der Waals surface area (Å²) < 4.78 is 23.1. The molecule has 2 heterocycles. The summed E-state index contributed by atoms with van der Waals surface area (Å²) in [6.07, 6.45) is -1.09. The zero-order valence-electron chi connectivity index (χ0n) is 15.6. The number of halogens is 1. The van der Waals surface area contributed by atoms with Gasteiger partial charge in [-0.15, -0.1) is 0 Å². The van der Waals surface area contributed by atoms with E-state index in [4.69, 9.17) is 4.74 Å². The number of carbonyl (C=O) groups excluding carboxylic acids is 2. The highest BCUT2D eigenvalue weighted by Crippen LogP contribution is 2.21. The van der Waals surface area contributed by atoms with Crippen molar-refractivity contribution in [1.29, 1.82) is 0 Å². The number of amides is 2. The van der Waals surface area contributed by atoms with Gasteiger partial charge in [0.15, 0.2) is 5.82 Å². The molecule has 1 atom stereocenters. The predicted octanol–water partition coefficient (Wildman–Crippen LogP) is 1.93. The van der Waals surface area contributed by atoms with Crippen molar-refractivity contribution in [3.05, 3.63) is 64.9 Å². The Balaban J connectivity index is 1.38. The van der Waals surface area contributed by atoms with Crippen LogP contribution in [0.4, 0.5) is 15.8 Å². The van der Waals surface area contributed by atoms with Crippen molar-refractivity contribution >= 4 is 23.2 Å². The summed E-state index contributed by atoms with van der Waals surface area (Å²) in [5, 5.41) is 6.29. The number of anilines is 2. The standard InChI is InChI=1S/C20H17FN4O5/c21-13-3-7-15(8-4-13)25-9-10-29-16(19(25)27)11-17(26)22-14-5-1-12(2-6-14)18-23-20(28)30-24-18/h1-8,16H,9-11H2,(H,22,26)(H,23,24,28). The van der Waals surface area contributed by atoms with Crippen LogP contribution in [-0.4, -0.2) is 41.2 Å². The lowest BCUT2D eigenvalue weighted by atomic mass is 10.1. The average molecular weight is 412 g/mol. The van der Waals surface area contributed by atoms with Gasteiger partial charge in [-0.05, 0) is 48.5 Å². The number of benzene rings is 2. The van der Waals surface area contributed by atoms with E-state index in [0.717, 1.165) is 0 Å². The number of aromatic nitrogens is 2. The molecule has 9 nitrogen and oxygen atoms in total. The second-order valence-corrected chi connectivity index (χ2v) is 6.60. The van der Waals surface area contributed by atoms with Crippen LogP contribution in [0.15, 0.2) is 57.8 Å². The quantitative estimate of drug-likeness (QED) is 0.661. The first-order valence-electron chi connectivity index (χ1n) is 9.14. The van der Waals surface area contributed by atoms with Crippen LogP contribution in [0, 0.1) is 5.82 Å². The molecular weight excluding hydrogens is 395 g/mol. The number of hydrogen-bond donors (Lipinski definition) is 2. The number of H-pyrrole nitrogens is 1. The predicted molar refractivity (Wildman–Crippen MR) is 104 cm³/mol. The second-order valence-electron chi connectivity index (χ2n) is 6.60. The molecule has 3 aromatic rings. The van der Waals surface area contributed by atoms with Crippen molar-refractivity contribution in [2.24, 2.45) is 0 Å². The highest BCUT2D eigenvalue weighted by atomic mass is 19.1. The van der Waals surface area contributed by atoms with Gasteiger partial charge < -0.3 is 15.0 Å².